The Morgan fingerprint density at radius 2 is 1.23 bits per heavy atom. The zero-order chi connectivity index (χ0) is 31.3. The Morgan fingerprint density at radius 1 is 0.591 bits per heavy atom. The van der Waals surface area contributed by atoms with Crippen molar-refractivity contribution in [3.05, 3.63) is 0 Å². The van der Waals surface area contributed by atoms with Crippen LogP contribution < -0.4 is 0 Å². The van der Waals surface area contributed by atoms with Crippen molar-refractivity contribution in [2.45, 2.75) is 208 Å². The summed E-state index contributed by atoms with van der Waals surface area (Å²) in [6, 6.07) is 0. The third-order valence-electron chi connectivity index (χ3n) is 14.7. The Balaban J connectivity index is 1.00. The molecular weight excluding hydrogens is 532 g/mol. The predicted molar refractivity (Wildman–Crippen MR) is 193 cm³/mol. The number of hydrogen-bond acceptors (Lipinski definition) is 1. The Morgan fingerprint density at radius 3 is 1.91 bits per heavy atom. The minimum Gasteiger partial charge on any atom is -0.381 e. The minimum atomic E-state index is 0.640. The van der Waals surface area contributed by atoms with Gasteiger partial charge in [0.1, 0.15) is 0 Å². The molecule has 0 heterocycles. The van der Waals surface area contributed by atoms with Crippen LogP contribution in [0.25, 0.3) is 0 Å². The number of ether oxygens (including phenoxy) is 1. The molecule has 0 N–H and O–H groups in total. The highest BCUT2D eigenvalue weighted by atomic mass is 16.5. The third kappa shape index (κ3) is 9.99. The topological polar surface area (TPSA) is 9.23 Å². The summed E-state index contributed by atoms with van der Waals surface area (Å²) in [4.78, 5) is 0. The second-order valence-electron chi connectivity index (χ2n) is 17.8. The quantitative estimate of drug-likeness (QED) is 0.111. The second-order valence-corrected chi connectivity index (χ2v) is 17.8. The van der Waals surface area contributed by atoms with Crippen LogP contribution in [0, 0.1) is 52.3 Å². The summed E-state index contributed by atoms with van der Waals surface area (Å²) in [6.45, 7) is 14.9. The lowest BCUT2D eigenvalue weighted by atomic mass is 9.44. The molecule has 4 saturated carbocycles. The maximum absolute atomic E-state index is 6.14. The van der Waals surface area contributed by atoms with E-state index in [0.29, 0.717) is 10.8 Å². The van der Waals surface area contributed by atoms with Gasteiger partial charge in [-0.05, 0) is 116 Å². The van der Waals surface area contributed by atoms with Gasteiger partial charge in [-0.2, -0.15) is 0 Å². The first-order chi connectivity index (χ1) is 21.4. The Kier molecular flexibility index (Phi) is 16.0. The van der Waals surface area contributed by atoms with Crippen LogP contribution in [0.15, 0.2) is 0 Å². The van der Waals surface area contributed by atoms with Gasteiger partial charge in [-0.15, -0.1) is 0 Å². The summed E-state index contributed by atoms with van der Waals surface area (Å²) in [6.07, 6.45) is 39.7. The van der Waals surface area contributed by atoms with Gasteiger partial charge in [-0.25, -0.2) is 0 Å². The van der Waals surface area contributed by atoms with Gasteiger partial charge < -0.3 is 4.74 Å². The van der Waals surface area contributed by atoms with E-state index >= 15 is 0 Å². The monoisotopic (exact) mass is 613 g/mol. The summed E-state index contributed by atoms with van der Waals surface area (Å²) in [5.41, 5.74) is 1.33. The van der Waals surface area contributed by atoms with Crippen LogP contribution in [0.4, 0.5) is 0 Å². The molecule has 0 radical (unpaired) electrons. The number of hydrogen-bond donors (Lipinski definition) is 0. The van der Waals surface area contributed by atoms with Crippen LogP contribution in [-0.4, -0.2) is 13.2 Å². The molecule has 4 aliphatic carbocycles. The van der Waals surface area contributed by atoms with Crippen molar-refractivity contribution >= 4 is 0 Å². The zero-order valence-corrected chi connectivity index (χ0v) is 31.0. The SMILES string of the molecule is CCCCCCCCCCCCCCCCOCC(C)CCC[C@@H](C)[C@H]1CC[C@H]2[C@@H]3CCC4CCCC[C@]4(C)[C@H]3CC[C@]12C. The molecule has 44 heavy (non-hydrogen) atoms. The van der Waals surface area contributed by atoms with Crippen molar-refractivity contribution in [3.8, 4) is 0 Å². The molecule has 0 aliphatic heterocycles. The summed E-state index contributed by atoms with van der Waals surface area (Å²) in [7, 11) is 0. The van der Waals surface area contributed by atoms with Gasteiger partial charge in [-0.1, -0.05) is 144 Å². The van der Waals surface area contributed by atoms with Gasteiger partial charge in [0.25, 0.3) is 0 Å². The van der Waals surface area contributed by atoms with E-state index in [4.69, 9.17) is 4.74 Å². The van der Waals surface area contributed by atoms with E-state index in [1.807, 2.05) is 0 Å². The fourth-order valence-corrected chi connectivity index (χ4v) is 12.0. The highest BCUT2D eigenvalue weighted by molar-refractivity contribution is 5.09. The molecule has 4 fully saturated rings. The zero-order valence-electron chi connectivity index (χ0n) is 31.0. The van der Waals surface area contributed by atoms with Gasteiger partial charge in [0, 0.05) is 13.2 Å². The highest BCUT2D eigenvalue weighted by Gasteiger charge is 2.60. The van der Waals surface area contributed by atoms with Crippen LogP contribution in [0.5, 0.6) is 0 Å². The van der Waals surface area contributed by atoms with Crippen molar-refractivity contribution in [3.63, 3.8) is 0 Å². The average Bonchev–Trinajstić information content (AvgIpc) is 3.38. The maximum atomic E-state index is 6.14. The highest BCUT2D eigenvalue weighted by Crippen LogP contribution is 2.68. The number of fused-ring (bicyclic) bond motifs is 5. The van der Waals surface area contributed by atoms with E-state index in [-0.39, 0.29) is 0 Å². The van der Waals surface area contributed by atoms with Crippen molar-refractivity contribution in [2.75, 3.05) is 13.2 Å². The van der Waals surface area contributed by atoms with Gasteiger partial charge in [-0.3, -0.25) is 0 Å². The Bertz CT molecular complexity index is 760. The lowest BCUT2D eigenvalue weighted by Crippen LogP contribution is -2.53. The molecule has 2 unspecified atom stereocenters. The molecule has 0 aromatic rings. The van der Waals surface area contributed by atoms with Gasteiger partial charge in [0.05, 0.1) is 0 Å². The van der Waals surface area contributed by atoms with E-state index in [2.05, 4.69) is 34.6 Å². The fraction of sp³-hybridized carbons (Fsp3) is 1.00. The molecule has 0 amide bonds. The van der Waals surface area contributed by atoms with E-state index in [1.54, 1.807) is 44.9 Å². The first-order valence-corrected chi connectivity index (χ1v) is 21.0. The predicted octanol–water partition coefficient (Wildman–Crippen LogP) is 14.0. The van der Waals surface area contributed by atoms with Crippen molar-refractivity contribution in [1.29, 1.82) is 0 Å². The van der Waals surface area contributed by atoms with E-state index in [9.17, 15) is 0 Å². The van der Waals surface area contributed by atoms with Crippen LogP contribution in [0.3, 0.4) is 0 Å². The van der Waals surface area contributed by atoms with Gasteiger partial charge >= 0.3 is 0 Å². The maximum Gasteiger partial charge on any atom is 0.0491 e. The number of unbranched alkanes of at least 4 members (excludes halogenated alkanes) is 13. The minimum absolute atomic E-state index is 0.640. The molecular formula is C43H80O. The molecule has 1 heteroatoms. The summed E-state index contributed by atoms with van der Waals surface area (Å²) in [5, 5.41) is 0. The van der Waals surface area contributed by atoms with Crippen LogP contribution >= 0.6 is 0 Å². The Labute approximate surface area is 277 Å². The molecule has 0 spiro atoms. The lowest BCUT2D eigenvalue weighted by molar-refractivity contribution is -0.114. The molecule has 0 aromatic carbocycles. The van der Waals surface area contributed by atoms with Crippen molar-refractivity contribution in [2.24, 2.45) is 52.3 Å². The largest absolute Gasteiger partial charge is 0.381 e. The van der Waals surface area contributed by atoms with Crippen molar-refractivity contribution < 1.29 is 4.74 Å². The molecule has 4 rings (SSSR count). The van der Waals surface area contributed by atoms with Crippen LogP contribution in [-0.2, 0) is 4.74 Å². The molecule has 258 valence electrons. The van der Waals surface area contributed by atoms with E-state index in [0.717, 1.165) is 54.6 Å². The number of rotatable bonds is 22. The molecule has 4 aliphatic rings. The van der Waals surface area contributed by atoms with Gasteiger partial charge in [0.2, 0.25) is 0 Å². The molecule has 0 aromatic heterocycles. The van der Waals surface area contributed by atoms with E-state index in [1.165, 1.54) is 128 Å². The van der Waals surface area contributed by atoms with E-state index < -0.39 is 0 Å². The normalized spacial score (nSPS) is 34.7. The summed E-state index contributed by atoms with van der Waals surface area (Å²) in [5.74, 6) is 6.83. The third-order valence-corrected chi connectivity index (χ3v) is 14.7. The molecule has 9 atom stereocenters. The summed E-state index contributed by atoms with van der Waals surface area (Å²) >= 11 is 0. The second kappa shape index (κ2) is 19.1. The van der Waals surface area contributed by atoms with Crippen LogP contribution in [0.2, 0.25) is 0 Å². The van der Waals surface area contributed by atoms with Crippen molar-refractivity contribution in [1.82, 2.24) is 0 Å². The molecule has 0 saturated heterocycles. The smallest absolute Gasteiger partial charge is 0.0491 e. The average molecular weight is 613 g/mol. The Hall–Kier alpha value is -0.0400. The lowest BCUT2D eigenvalue weighted by Gasteiger charge is -2.61. The first kappa shape index (κ1) is 36.8. The van der Waals surface area contributed by atoms with Crippen LogP contribution in [0.1, 0.15) is 208 Å². The summed E-state index contributed by atoms with van der Waals surface area (Å²) < 4.78 is 6.14. The molecule has 0 bridgehead atoms. The fourth-order valence-electron chi connectivity index (χ4n) is 12.0. The first-order valence-electron chi connectivity index (χ1n) is 21.0. The molecule has 1 nitrogen and oxygen atoms in total. The standard InChI is InChI=1S/C43H80O/c1-6-7-8-9-10-11-12-13-14-15-16-17-18-21-33-44-34-35(2)23-22-24-36(3)39-28-29-40-38-27-26-37-25-19-20-31-42(37,4)41(38)30-32-43(39,40)5/h35-41H,6-34H2,1-5H3/t35?,36-,37?,38+,39-,40+,41+,42+,43-/m1/s1. The van der Waals surface area contributed by atoms with Gasteiger partial charge in [0.15, 0.2) is 0 Å².